The van der Waals surface area contributed by atoms with Gasteiger partial charge in [-0.25, -0.2) is 4.39 Å². The second-order valence-corrected chi connectivity index (χ2v) is 7.03. The predicted molar refractivity (Wildman–Crippen MR) is 109 cm³/mol. The van der Waals surface area contributed by atoms with Crippen LogP contribution in [0.5, 0.6) is 0 Å². The fourth-order valence-electron chi connectivity index (χ4n) is 3.15. The Kier molecular flexibility index (Phi) is 10.0. The van der Waals surface area contributed by atoms with Crippen LogP contribution in [0.25, 0.3) is 0 Å². The van der Waals surface area contributed by atoms with E-state index in [1.807, 2.05) is 13.8 Å². The predicted octanol–water partition coefficient (Wildman–Crippen LogP) is 3.21. The molecule has 0 aromatic heterocycles. The second-order valence-electron chi connectivity index (χ2n) is 7.03. The molecule has 27 heavy (non-hydrogen) atoms. The minimum atomic E-state index is -0.396. The molecule has 1 amide bonds. The van der Waals surface area contributed by atoms with Gasteiger partial charge in [0.05, 0.1) is 24.1 Å². The molecule has 0 radical (unpaired) electrons. The Labute approximate surface area is 162 Å². The summed E-state index contributed by atoms with van der Waals surface area (Å²) in [6, 6.07) is -0.396. The molecular weight excluding hydrogens is 345 g/mol. The lowest BCUT2D eigenvalue weighted by Gasteiger charge is -2.40. The number of allylic oxidation sites excluding steroid dienone is 3. The fourth-order valence-corrected chi connectivity index (χ4v) is 3.15. The number of nitrogens with one attached hydrogen (secondary N) is 1. The number of nitrogens with two attached hydrogens (primary N) is 1. The van der Waals surface area contributed by atoms with Crippen molar-refractivity contribution < 1.29 is 13.9 Å². The van der Waals surface area contributed by atoms with E-state index in [1.165, 1.54) is 13.0 Å². The first-order chi connectivity index (χ1) is 12.8. The average molecular weight is 380 g/mol. The smallest absolute Gasteiger partial charge is 0.247 e. The van der Waals surface area contributed by atoms with E-state index in [9.17, 15) is 9.18 Å². The van der Waals surface area contributed by atoms with Crippen molar-refractivity contribution in [1.29, 1.82) is 0 Å². The summed E-state index contributed by atoms with van der Waals surface area (Å²) < 4.78 is 19.1. The molecule has 1 heterocycles. The van der Waals surface area contributed by atoms with E-state index < -0.39 is 6.04 Å². The number of carbonyl (C=O) groups excluding carboxylic acids is 1. The Morgan fingerprint density at radius 3 is 2.56 bits per heavy atom. The molecule has 5 nitrogen and oxygen atoms in total. The maximum Gasteiger partial charge on any atom is 0.247 e. The van der Waals surface area contributed by atoms with Gasteiger partial charge in [0.25, 0.3) is 0 Å². The third-order valence-corrected chi connectivity index (χ3v) is 4.43. The maximum absolute atomic E-state index is 13.3. The largest absolute Gasteiger partial charge is 0.372 e. The molecule has 1 fully saturated rings. The van der Waals surface area contributed by atoms with Gasteiger partial charge in [0.15, 0.2) is 0 Å². The van der Waals surface area contributed by atoms with Crippen LogP contribution in [0.1, 0.15) is 40.0 Å². The lowest BCUT2D eigenvalue weighted by atomic mass is 10.0. The van der Waals surface area contributed by atoms with Crippen molar-refractivity contribution in [1.82, 2.24) is 10.2 Å². The summed E-state index contributed by atoms with van der Waals surface area (Å²) in [5.41, 5.74) is 6.93. The summed E-state index contributed by atoms with van der Waals surface area (Å²) >= 11 is 0. The highest BCUT2D eigenvalue weighted by molar-refractivity contribution is 5.94. The standard InChI is InChI=1S/C21H34FN3O2/c1-6-8-19(9-7-12-23)21(26)24-20(11-10-15(2)22)18(5)25-13-16(3)27-17(4)14-25/h6,8,10,16-17,20H,1,5,7,9,11-14,23H2,2-4H3,(H,24,26)/b15-10+,19-8+. The number of hydrogen-bond acceptors (Lipinski definition) is 4. The third kappa shape index (κ3) is 8.10. The Hall–Kier alpha value is -1.92. The van der Waals surface area contributed by atoms with E-state index in [4.69, 9.17) is 10.5 Å². The van der Waals surface area contributed by atoms with Crippen molar-refractivity contribution in [3.05, 3.63) is 48.5 Å². The molecule has 1 saturated heterocycles. The number of carbonyl (C=O) groups is 1. The van der Waals surface area contributed by atoms with Gasteiger partial charge in [-0.3, -0.25) is 4.79 Å². The van der Waals surface area contributed by atoms with Gasteiger partial charge in [0.2, 0.25) is 5.91 Å². The molecule has 6 heteroatoms. The van der Waals surface area contributed by atoms with E-state index in [2.05, 4.69) is 23.4 Å². The molecular formula is C21H34FN3O2. The van der Waals surface area contributed by atoms with Gasteiger partial charge in [-0.15, -0.1) is 0 Å². The van der Waals surface area contributed by atoms with Crippen LogP contribution in [-0.2, 0) is 9.53 Å². The molecule has 1 rings (SSSR count). The van der Waals surface area contributed by atoms with Gasteiger partial charge in [-0.2, -0.15) is 0 Å². The van der Waals surface area contributed by atoms with Gasteiger partial charge in [0.1, 0.15) is 0 Å². The van der Waals surface area contributed by atoms with Crippen LogP contribution in [0, 0.1) is 0 Å². The molecule has 0 aromatic carbocycles. The minimum Gasteiger partial charge on any atom is -0.372 e. The molecule has 0 saturated carbocycles. The van der Waals surface area contributed by atoms with Gasteiger partial charge >= 0.3 is 0 Å². The highest BCUT2D eigenvalue weighted by atomic mass is 19.1. The number of nitrogens with zero attached hydrogens (tertiary/aromatic N) is 1. The van der Waals surface area contributed by atoms with Crippen LogP contribution in [0.4, 0.5) is 4.39 Å². The first-order valence-electron chi connectivity index (χ1n) is 9.52. The van der Waals surface area contributed by atoms with Crippen molar-refractivity contribution in [2.45, 2.75) is 58.3 Å². The van der Waals surface area contributed by atoms with Gasteiger partial charge in [0, 0.05) is 24.4 Å². The molecule has 152 valence electrons. The first-order valence-corrected chi connectivity index (χ1v) is 9.52. The van der Waals surface area contributed by atoms with E-state index in [0.29, 0.717) is 44.5 Å². The second kappa shape index (κ2) is 11.7. The van der Waals surface area contributed by atoms with E-state index >= 15 is 0 Å². The Bertz CT molecular complexity index is 572. The van der Waals surface area contributed by atoms with Gasteiger partial charge in [-0.05, 0) is 46.6 Å². The number of morpholine rings is 1. The zero-order valence-electron chi connectivity index (χ0n) is 16.8. The lowest BCUT2D eigenvalue weighted by molar-refractivity contribution is -0.118. The topological polar surface area (TPSA) is 67.6 Å². The average Bonchev–Trinajstić information content (AvgIpc) is 2.60. The summed E-state index contributed by atoms with van der Waals surface area (Å²) in [6.07, 6.45) is 6.51. The lowest BCUT2D eigenvalue weighted by Crippen LogP contribution is -2.49. The Balaban J connectivity index is 2.93. The normalized spacial score (nSPS) is 22.3. The number of halogens is 1. The van der Waals surface area contributed by atoms with Crippen molar-refractivity contribution in [2.24, 2.45) is 5.73 Å². The zero-order chi connectivity index (χ0) is 20.4. The van der Waals surface area contributed by atoms with Crippen molar-refractivity contribution in [2.75, 3.05) is 19.6 Å². The monoisotopic (exact) mass is 379 g/mol. The van der Waals surface area contributed by atoms with Crippen LogP contribution in [0.15, 0.2) is 48.5 Å². The molecule has 3 N–H and O–H groups in total. The van der Waals surface area contributed by atoms with E-state index in [1.54, 1.807) is 12.2 Å². The molecule has 0 aromatic rings. The molecule has 0 bridgehead atoms. The summed E-state index contributed by atoms with van der Waals surface area (Å²) in [7, 11) is 0. The summed E-state index contributed by atoms with van der Waals surface area (Å²) in [4.78, 5) is 14.9. The summed E-state index contributed by atoms with van der Waals surface area (Å²) in [5, 5.41) is 3.00. The SMILES string of the molecule is C=C/C=C(\CCCN)C(=O)NC(C/C=C(\C)F)C(=C)N1CC(C)OC(C)C1. The van der Waals surface area contributed by atoms with Crippen LogP contribution >= 0.6 is 0 Å². The molecule has 0 spiro atoms. The molecule has 3 unspecified atom stereocenters. The van der Waals surface area contributed by atoms with Gasteiger partial charge < -0.3 is 20.7 Å². The molecule has 1 aliphatic rings. The Morgan fingerprint density at radius 2 is 2.04 bits per heavy atom. The van der Waals surface area contributed by atoms with Crippen molar-refractivity contribution >= 4 is 5.91 Å². The van der Waals surface area contributed by atoms with Gasteiger partial charge in [-0.1, -0.05) is 31.4 Å². The number of ether oxygens (including phenoxy) is 1. The quantitative estimate of drug-likeness (QED) is 0.452. The number of amides is 1. The summed E-state index contributed by atoms with van der Waals surface area (Å²) in [6.45, 7) is 15.2. The first kappa shape index (κ1) is 23.1. The highest BCUT2D eigenvalue weighted by Gasteiger charge is 2.27. The van der Waals surface area contributed by atoms with Crippen LogP contribution in [0.2, 0.25) is 0 Å². The zero-order valence-corrected chi connectivity index (χ0v) is 16.8. The minimum absolute atomic E-state index is 0.0704. The molecule has 3 atom stereocenters. The van der Waals surface area contributed by atoms with Crippen LogP contribution < -0.4 is 11.1 Å². The van der Waals surface area contributed by atoms with Crippen LogP contribution in [0.3, 0.4) is 0 Å². The highest BCUT2D eigenvalue weighted by Crippen LogP contribution is 2.20. The van der Waals surface area contributed by atoms with E-state index in [0.717, 1.165) is 5.70 Å². The van der Waals surface area contributed by atoms with Crippen LogP contribution in [-0.4, -0.2) is 48.7 Å². The number of hydrogen-bond donors (Lipinski definition) is 2. The summed E-state index contributed by atoms with van der Waals surface area (Å²) in [5.74, 6) is -0.482. The maximum atomic E-state index is 13.3. The molecule has 0 aliphatic carbocycles. The molecule has 1 aliphatic heterocycles. The van der Waals surface area contributed by atoms with Crippen molar-refractivity contribution in [3.8, 4) is 0 Å². The fraction of sp³-hybridized carbons (Fsp3) is 0.571. The third-order valence-electron chi connectivity index (χ3n) is 4.43. The Morgan fingerprint density at radius 1 is 1.41 bits per heavy atom. The number of rotatable bonds is 10. The van der Waals surface area contributed by atoms with E-state index in [-0.39, 0.29) is 23.9 Å². The van der Waals surface area contributed by atoms with Crippen molar-refractivity contribution in [3.63, 3.8) is 0 Å².